The van der Waals surface area contributed by atoms with Gasteiger partial charge >= 0.3 is 0 Å². The standard InChI is InChI=1S/C56H47N4O.Pt/c1-55(2,3)39-28-29-49(45(33-39)36-18-9-7-10-19-36)60-50-26-17-24-42(53(50)58-54(60)44-23-14-16-27-52(44)61)37-30-38(32-40(31-37)56(4,5)6)47-34-51-46(35-57-47)43-22-13-15-25-48(43)59(51)41-20-11-8-12-21-41;/h7-29,31-35,61H,1-6H3;/q-1;. The Hall–Kier alpha value is -6.55. The van der Waals surface area contributed by atoms with E-state index >= 15 is 0 Å². The molecule has 1 N–H and O–H groups in total. The SMILES string of the molecule is CC(C)(C)c1cc(-c2cc3c(cn2)c2ccccc2n3-c2ccccc2)[c-]c(-c2cccc3c2nc(-c2ccccc2O)n3-c2ccc(C(C)(C)C)cc2-c2ccccc2)c1.[Pt]. The van der Waals surface area contributed by atoms with Crippen LogP contribution in [-0.4, -0.2) is 24.2 Å². The van der Waals surface area contributed by atoms with E-state index in [0.717, 1.165) is 72.3 Å². The Bertz CT molecular complexity index is 3280. The average molecular weight is 987 g/mol. The molecule has 308 valence electrons. The summed E-state index contributed by atoms with van der Waals surface area (Å²) in [6.07, 6.45) is 2.01. The molecule has 10 aromatic rings. The Morgan fingerprint density at radius 3 is 1.90 bits per heavy atom. The molecule has 0 saturated heterocycles. The Kier molecular flexibility index (Phi) is 10.4. The van der Waals surface area contributed by atoms with Crippen LogP contribution in [0, 0.1) is 6.07 Å². The number of aromatic nitrogens is 4. The maximum absolute atomic E-state index is 11.4. The van der Waals surface area contributed by atoms with Gasteiger partial charge in [0, 0.05) is 55.0 Å². The first-order chi connectivity index (χ1) is 29.4. The predicted molar refractivity (Wildman–Crippen MR) is 253 cm³/mol. The van der Waals surface area contributed by atoms with Crippen molar-refractivity contribution < 1.29 is 26.2 Å². The van der Waals surface area contributed by atoms with Crippen molar-refractivity contribution in [3.63, 3.8) is 0 Å². The summed E-state index contributed by atoms with van der Waals surface area (Å²) < 4.78 is 4.55. The average Bonchev–Trinajstić information content (AvgIpc) is 3.82. The number of pyridine rings is 1. The zero-order valence-electron chi connectivity index (χ0n) is 35.7. The van der Waals surface area contributed by atoms with Gasteiger partial charge in [0.05, 0.1) is 33.3 Å². The second kappa shape index (κ2) is 15.7. The first kappa shape index (κ1) is 40.8. The van der Waals surface area contributed by atoms with Crippen LogP contribution in [0.4, 0.5) is 0 Å². The van der Waals surface area contributed by atoms with Crippen LogP contribution in [-0.2, 0) is 31.9 Å². The van der Waals surface area contributed by atoms with E-state index < -0.39 is 0 Å². The molecule has 0 bridgehead atoms. The summed E-state index contributed by atoms with van der Waals surface area (Å²) in [6, 6.07) is 60.8. The molecule has 5 nitrogen and oxygen atoms in total. The molecule has 7 aromatic carbocycles. The molecule has 0 amide bonds. The topological polar surface area (TPSA) is 55.9 Å². The van der Waals surface area contributed by atoms with E-state index in [1.165, 1.54) is 16.5 Å². The van der Waals surface area contributed by atoms with Crippen molar-refractivity contribution >= 4 is 32.8 Å². The molecule has 3 aromatic heterocycles. The Labute approximate surface area is 377 Å². The third kappa shape index (κ3) is 7.15. The van der Waals surface area contributed by atoms with Crippen LogP contribution in [0.1, 0.15) is 52.7 Å². The molecule has 0 aliphatic heterocycles. The number of phenolic OH excluding ortho intramolecular Hbond substituents is 1. The van der Waals surface area contributed by atoms with E-state index in [-0.39, 0.29) is 37.6 Å². The van der Waals surface area contributed by atoms with Crippen LogP contribution < -0.4 is 0 Å². The number of hydrogen-bond donors (Lipinski definition) is 1. The number of hydrogen-bond acceptors (Lipinski definition) is 3. The zero-order chi connectivity index (χ0) is 42.0. The second-order valence-corrected chi connectivity index (χ2v) is 18.0. The summed E-state index contributed by atoms with van der Waals surface area (Å²) in [7, 11) is 0. The van der Waals surface area contributed by atoms with Crippen molar-refractivity contribution in [3.8, 4) is 62.0 Å². The van der Waals surface area contributed by atoms with Crippen LogP contribution in [0.25, 0.3) is 89.1 Å². The number of para-hydroxylation sites is 4. The molecular formula is C56H47N4OPt-. The molecule has 0 saturated carbocycles. The molecule has 3 heterocycles. The molecule has 0 aliphatic carbocycles. The van der Waals surface area contributed by atoms with Crippen LogP contribution in [0.5, 0.6) is 5.75 Å². The number of nitrogens with zero attached hydrogens (tertiary/aromatic N) is 4. The Morgan fingerprint density at radius 2 is 1.16 bits per heavy atom. The number of aromatic hydroxyl groups is 1. The Balaban J connectivity index is 0.00000490. The van der Waals surface area contributed by atoms with Gasteiger partial charge in [-0.3, -0.25) is 9.55 Å². The van der Waals surface area contributed by atoms with Crippen molar-refractivity contribution in [1.29, 1.82) is 0 Å². The summed E-state index contributed by atoms with van der Waals surface area (Å²) in [6.45, 7) is 13.5. The molecule has 0 aliphatic rings. The van der Waals surface area contributed by atoms with Crippen LogP contribution >= 0.6 is 0 Å². The third-order valence-corrected chi connectivity index (χ3v) is 11.9. The molecule has 10 rings (SSSR count). The molecule has 0 unspecified atom stereocenters. The van der Waals surface area contributed by atoms with Crippen molar-refractivity contribution in [2.45, 2.75) is 52.4 Å². The number of benzene rings is 7. The van der Waals surface area contributed by atoms with Crippen molar-refractivity contribution in [3.05, 3.63) is 187 Å². The molecule has 62 heavy (non-hydrogen) atoms. The molecular weight excluding hydrogens is 940 g/mol. The maximum Gasteiger partial charge on any atom is 0.148 e. The van der Waals surface area contributed by atoms with Gasteiger partial charge in [-0.2, -0.15) is 0 Å². The van der Waals surface area contributed by atoms with E-state index in [4.69, 9.17) is 9.97 Å². The number of imidazole rings is 1. The van der Waals surface area contributed by atoms with Gasteiger partial charge in [-0.05, 0) is 76.6 Å². The third-order valence-electron chi connectivity index (χ3n) is 11.9. The smallest absolute Gasteiger partial charge is 0.148 e. The van der Waals surface area contributed by atoms with Gasteiger partial charge in [0.2, 0.25) is 0 Å². The molecule has 0 fully saturated rings. The molecule has 0 spiro atoms. The molecule has 0 atom stereocenters. The molecule has 6 heteroatoms. The van der Waals surface area contributed by atoms with Crippen molar-refractivity contribution in [1.82, 2.24) is 19.1 Å². The fourth-order valence-electron chi connectivity index (χ4n) is 8.60. The normalized spacial score (nSPS) is 12.0. The van der Waals surface area contributed by atoms with Crippen molar-refractivity contribution in [2.24, 2.45) is 0 Å². The van der Waals surface area contributed by atoms with Crippen LogP contribution in [0.2, 0.25) is 0 Å². The van der Waals surface area contributed by atoms with E-state index in [0.29, 0.717) is 11.4 Å². The minimum absolute atomic E-state index is 0. The van der Waals surface area contributed by atoms with Crippen LogP contribution in [0.3, 0.4) is 0 Å². The van der Waals surface area contributed by atoms with Gasteiger partial charge in [-0.25, -0.2) is 4.98 Å². The number of fused-ring (bicyclic) bond motifs is 4. The summed E-state index contributed by atoms with van der Waals surface area (Å²) in [5, 5.41) is 13.7. The van der Waals surface area contributed by atoms with E-state index in [1.807, 2.05) is 24.4 Å². The van der Waals surface area contributed by atoms with E-state index in [2.05, 4.69) is 196 Å². The number of rotatable bonds is 6. The summed E-state index contributed by atoms with van der Waals surface area (Å²) in [5.41, 5.74) is 14.7. The monoisotopic (exact) mass is 986 g/mol. The fraction of sp³-hybridized carbons (Fsp3) is 0.143. The first-order valence-electron chi connectivity index (χ1n) is 21.0. The van der Waals surface area contributed by atoms with Gasteiger partial charge in [-0.15, -0.1) is 29.3 Å². The summed E-state index contributed by atoms with van der Waals surface area (Å²) in [4.78, 5) is 10.6. The van der Waals surface area contributed by atoms with E-state index in [9.17, 15) is 5.11 Å². The first-order valence-corrected chi connectivity index (χ1v) is 21.0. The fourth-order valence-corrected chi connectivity index (χ4v) is 8.60. The van der Waals surface area contributed by atoms with Crippen molar-refractivity contribution in [2.75, 3.05) is 0 Å². The minimum Gasteiger partial charge on any atom is -0.507 e. The van der Waals surface area contributed by atoms with Gasteiger partial charge in [-0.1, -0.05) is 150 Å². The van der Waals surface area contributed by atoms with Crippen LogP contribution in [0.15, 0.2) is 170 Å². The summed E-state index contributed by atoms with van der Waals surface area (Å²) in [5.74, 6) is 0.834. The van der Waals surface area contributed by atoms with E-state index in [1.54, 1.807) is 6.07 Å². The zero-order valence-corrected chi connectivity index (χ0v) is 38.0. The molecule has 0 radical (unpaired) electrons. The quantitative estimate of drug-likeness (QED) is 0.169. The second-order valence-electron chi connectivity index (χ2n) is 18.0. The summed E-state index contributed by atoms with van der Waals surface area (Å²) >= 11 is 0. The number of phenols is 1. The maximum atomic E-state index is 11.4. The van der Waals surface area contributed by atoms with Gasteiger partial charge in [0.15, 0.2) is 0 Å². The van der Waals surface area contributed by atoms with Gasteiger partial charge in [0.25, 0.3) is 0 Å². The predicted octanol–water partition coefficient (Wildman–Crippen LogP) is 14.3. The minimum atomic E-state index is -0.171. The van der Waals surface area contributed by atoms with Gasteiger partial charge < -0.3 is 9.67 Å². The Morgan fingerprint density at radius 1 is 0.516 bits per heavy atom. The van der Waals surface area contributed by atoms with Gasteiger partial charge in [0.1, 0.15) is 11.6 Å². The largest absolute Gasteiger partial charge is 0.507 e.